The Morgan fingerprint density at radius 1 is 1.00 bits per heavy atom. The number of thioether (sulfide) groups is 1. The van der Waals surface area contributed by atoms with Gasteiger partial charge in [0.2, 0.25) is 0 Å². The average molecular weight is 399 g/mol. The van der Waals surface area contributed by atoms with E-state index in [1.54, 1.807) is 11.8 Å². The van der Waals surface area contributed by atoms with E-state index in [2.05, 4.69) is 51.1 Å². The fourth-order valence-electron chi connectivity index (χ4n) is 3.42. The van der Waals surface area contributed by atoms with Gasteiger partial charge < -0.3 is 10.2 Å². The predicted octanol–water partition coefficient (Wildman–Crippen LogP) is 6.58. The Kier molecular flexibility index (Phi) is 9.83. The maximum absolute atomic E-state index is 9.47. The first-order chi connectivity index (χ1) is 13.6. The van der Waals surface area contributed by atoms with Crippen molar-refractivity contribution < 1.29 is 10.2 Å². The third-order valence-corrected chi connectivity index (χ3v) is 6.55. The molecule has 2 aromatic carbocycles. The first-order valence-corrected chi connectivity index (χ1v) is 11.3. The molecule has 2 N–H and O–H groups in total. The summed E-state index contributed by atoms with van der Waals surface area (Å²) < 4.78 is 0. The monoisotopic (exact) mass is 398 g/mol. The Morgan fingerprint density at radius 2 is 1.75 bits per heavy atom. The van der Waals surface area contributed by atoms with Crippen LogP contribution in [0.25, 0.3) is 5.57 Å². The number of aliphatic hydroxyl groups is 2. The fourth-order valence-corrected chi connectivity index (χ4v) is 4.32. The second kappa shape index (κ2) is 12.1. The van der Waals surface area contributed by atoms with E-state index in [1.807, 2.05) is 18.2 Å². The molecule has 0 amide bonds. The van der Waals surface area contributed by atoms with Crippen LogP contribution in [0.3, 0.4) is 0 Å². The van der Waals surface area contributed by atoms with Crippen LogP contribution in [-0.2, 0) is 19.0 Å². The summed E-state index contributed by atoms with van der Waals surface area (Å²) in [6.45, 7) is 6.70. The van der Waals surface area contributed by atoms with Gasteiger partial charge in [0.1, 0.15) is 0 Å². The Morgan fingerprint density at radius 3 is 2.43 bits per heavy atom. The van der Waals surface area contributed by atoms with E-state index < -0.39 is 0 Å². The lowest BCUT2D eigenvalue weighted by Crippen LogP contribution is -1.95. The molecule has 0 aliphatic heterocycles. The van der Waals surface area contributed by atoms with Crippen LogP contribution in [0, 0.1) is 5.92 Å². The molecule has 0 bridgehead atoms. The molecule has 0 aromatic heterocycles. The van der Waals surface area contributed by atoms with E-state index in [0.717, 1.165) is 34.8 Å². The summed E-state index contributed by atoms with van der Waals surface area (Å²) >= 11 is 1.80. The summed E-state index contributed by atoms with van der Waals surface area (Å²) in [4.78, 5) is 1.25. The first kappa shape index (κ1) is 22.7. The molecule has 0 spiro atoms. The highest BCUT2D eigenvalue weighted by Crippen LogP contribution is 2.27. The molecule has 0 radical (unpaired) electrons. The Bertz CT molecular complexity index is 763. The normalized spacial score (nSPS) is 12.0. The quantitative estimate of drug-likeness (QED) is 0.420. The molecule has 2 aromatic rings. The van der Waals surface area contributed by atoms with Gasteiger partial charge in [-0.2, -0.15) is 0 Å². The van der Waals surface area contributed by atoms with Crippen molar-refractivity contribution in [2.24, 2.45) is 5.92 Å². The van der Waals surface area contributed by atoms with Crippen LogP contribution < -0.4 is 0 Å². The van der Waals surface area contributed by atoms with Crippen LogP contribution in [-0.4, -0.2) is 10.2 Å². The van der Waals surface area contributed by atoms with Crippen LogP contribution in [0.1, 0.15) is 68.7 Å². The van der Waals surface area contributed by atoms with Crippen molar-refractivity contribution in [1.29, 1.82) is 0 Å². The highest BCUT2D eigenvalue weighted by molar-refractivity contribution is 7.98. The topological polar surface area (TPSA) is 40.5 Å². The van der Waals surface area contributed by atoms with Crippen LogP contribution in [0.15, 0.2) is 53.4 Å². The minimum absolute atomic E-state index is 0.0335. The molecule has 0 unspecified atom stereocenters. The Labute approximate surface area is 174 Å². The summed E-state index contributed by atoms with van der Waals surface area (Å²) in [6, 6.07) is 14.7. The van der Waals surface area contributed by atoms with Crippen molar-refractivity contribution in [2.45, 2.75) is 70.3 Å². The van der Waals surface area contributed by atoms with Gasteiger partial charge in [0.05, 0.1) is 13.2 Å². The lowest BCUT2D eigenvalue weighted by molar-refractivity contribution is 0.260. The molecule has 0 saturated carbocycles. The molecule has 0 saturated heterocycles. The molecule has 152 valence electrons. The second-order valence-corrected chi connectivity index (χ2v) is 8.43. The molecule has 28 heavy (non-hydrogen) atoms. The summed E-state index contributed by atoms with van der Waals surface area (Å²) in [5.74, 6) is 1.69. The highest BCUT2D eigenvalue weighted by atomic mass is 32.2. The third-order valence-electron chi connectivity index (χ3n) is 5.49. The molecule has 2 rings (SSSR count). The Balaban J connectivity index is 1.99. The van der Waals surface area contributed by atoms with Crippen LogP contribution in [0.2, 0.25) is 0 Å². The van der Waals surface area contributed by atoms with Crippen molar-refractivity contribution in [3.8, 4) is 0 Å². The zero-order valence-electron chi connectivity index (χ0n) is 17.4. The number of aliphatic hydroxyl groups excluding tert-OH is 2. The fraction of sp³-hybridized carbons (Fsp3) is 0.440. The van der Waals surface area contributed by atoms with Gasteiger partial charge in [0.25, 0.3) is 0 Å². The average Bonchev–Trinajstić information content (AvgIpc) is 2.75. The van der Waals surface area contributed by atoms with Gasteiger partial charge in [-0.15, -0.1) is 11.8 Å². The van der Waals surface area contributed by atoms with E-state index in [9.17, 15) is 10.2 Å². The molecule has 0 aliphatic carbocycles. The summed E-state index contributed by atoms with van der Waals surface area (Å²) in [5, 5.41) is 18.8. The zero-order valence-corrected chi connectivity index (χ0v) is 18.3. The number of rotatable bonds is 11. The van der Waals surface area contributed by atoms with Crippen molar-refractivity contribution >= 4 is 17.3 Å². The van der Waals surface area contributed by atoms with Crippen LogP contribution in [0.5, 0.6) is 0 Å². The van der Waals surface area contributed by atoms with E-state index in [1.165, 1.54) is 35.3 Å². The molecule has 0 fully saturated rings. The molecule has 0 aliphatic rings. The van der Waals surface area contributed by atoms with Gasteiger partial charge >= 0.3 is 0 Å². The minimum Gasteiger partial charge on any atom is -0.392 e. The summed E-state index contributed by atoms with van der Waals surface area (Å²) in [7, 11) is 0. The maximum Gasteiger partial charge on any atom is 0.0685 e. The van der Waals surface area contributed by atoms with Crippen molar-refractivity contribution in [3.05, 3.63) is 70.8 Å². The smallest absolute Gasteiger partial charge is 0.0685 e. The predicted molar refractivity (Wildman–Crippen MR) is 121 cm³/mol. The molecular formula is C25H34O2S. The number of hydrogen-bond donors (Lipinski definition) is 2. The van der Waals surface area contributed by atoms with Crippen LogP contribution in [0.4, 0.5) is 0 Å². The number of benzene rings is 2. The first-order valence-electron chi connectivity index (χ1n) is 10.3. The Hall–Kier alpha value is -1.55. The van der Waals surface area contributed by atoms with E-state index in [-0.39, 0.29) is 13.2 Å². The van der Waals surface area contributed by atoms with Gasteiger partial charge in [-0.3, -0.25) is 0 Å². The summed E-state index contributed by atoms with van der Waals surface area (Å²) in [5.41, 5.74) is 5.41. The molecular weight excluding hydrogens is 364 g/mol. The lowest BCUT2D eigenvalue weighted by atomic mass is 9.96. The van der Waals surface area contributed by atoms with Crippen molar-refractivity contribution in [3.63, 3.8) is 0 Å². The van der Waals surface area contributed by atoms with E-state index >= 15 is 0 Å². The zero-order chi connectivity index (χ0) is 20.4. The molecule has 0 atom stereocenters. The second-order valence-electron chi connectivity index (χ2n) is 7.38. The van der Waals surface area contributed by atoms with Crippen molar-refractivity contribution in [1.82, 2.24) is 0 Å². The number of allylic oxidation sites excluding steroid dienone is 2. The summed E-state index contributed by atoms with van der Waals surface area (Å²) in [6.07, 6.45) is 7.34. The van der Waals surface area contributed by atoms with E-state index in [4.69, 9.17) is 0 Å². The van der Waals surface area contributed by atoms with Gasteiger partial charge in [0, 0.05) is 10.6 Å². The van der Waals surface area contributed by atoms with Gasteiger partial charge in [-0.05, 0) is 65.6 Å². The molecule has 0 heterocycles. The standard InChI is InChI=1S/C25H34O2S/c1-4-20(5-2)9-6-8-19(3)22-10-7-11-25(15-22)28-18-21-12-13-23(16-26)24(14-21)17-27/h7-8,10-15,20,26-27H,4-6,9,16-18H2,1-3H3/b19-8+. The van der Waals surface area contributed by atoms with Gasteiger partial charge in [0.15, 0.2) is 0 Å². The molecule has 2 nitrogen and oxygen atoms in total. The third kappa shape index (κ3) is 6.80. The highest BCUT2D eigenvalue weighted by Gasteiger charge is 2.05. The SMILES string of the molecule is CCC(CC)CC/C=C(\C)c1cccc(SCc2ccc(CO)c(CO)c2)c1. The van der Waals surface area contributed by atoms with Gasteiger partial charge in [-0.1, -0.05) is 63.1 Å². The van der Waals surface area contributed by atoms with E-state index in [0.29, 0.717) is 0 Å². The largest absolute Gasteiger partial charge is 0.392 e. The minimum atomic E-state index is -0.0369. The maximum atomic E-state index is 9.47. The van der Waals surface area contributed by atoms with Gasteiger partial charge in [-0.25, -0.2) is 0 Å². The van der Waals surface area contributed by atoms with Crippen molar-refractivity contribution in [2.75, 3.05) is 0 Å². The molecule has 3 heteroatoms. The lowest BCUT2D eigenvalue weighted by Gasteiger charge is -2.11. The van der Waals surface area contributed by atoms with Crippen LogP contribution >= 0.6 is 11.8 Å². The number of hydrogen-bond acceptors (Lipinski definition) is 3.